The summed E-state index contributed by atoms with van der Waals surface area (Å²) in [7, 11) is -12.1. The number of allylic oxidation sites excluding steroid dienone is 1. The quantitative estimate of drug-likeness (QED) is 0.0596. The molecule has 0 aromatic heterocycles. The minimum absolute atomic E-state index is 0.0373. The average Bonchev–Trinajstić information content (AvgIpc) is 3.12. The Morgan fingerprint density at radius 2 is 0.971 bits per heavy atom. The fourth-order valence-electron chi connectivity index (χ4n) is 6.35. The van der Waals surface area contributed by atoms with Gasteiger partial charge < -0.3 is 31.6 Å². The van der Waals surface area contributed by atoms with Crippen molar-refractivity contribution in [3.05, 3.63) is 47.5 Å². The molecule has 8 nitrogen and oxygen atoms in total. The fourth-order valence-corrected chi connectivity index (χ4v) is 11.4. The molecule has 1 aliphatic rings. The number of hydrogen-bond donors (Lipinski definition) is 0. The molecule has 0 N–H and O–H groups in total. The molecule has 2 atom stereocenters. The molecule has 0 saturated carbocycles. The van der Waals surface area contributed by atoms with E-state index in [1.807, 2.05) is 12.1 Å². The summed E-state index contributed by atoms with van der Waals surface area (Å²) in [5.41, 5.74) is 1.67. The SMILES string of the molecule is CCCCCCC/C=C/C(=O)O[C@@H]1Cc2c(cc(O[Si](C)(C)C(C)(C)C)cc2O[Si](C)(C)C(C)(C)C)O[C@@H]1c1cc(O[Si](C)(C)C(C)(C)C)c(O[Si](C)(C)C(C)(C)C)c(O[Si](C)(C)C(C)(C)C)c1. The molecular formula is C55H100O8Si5. The van der Waals surface area contributed by atoms with Gasteiger partial charge in [-0.1, -0.05) is 143 Å². The van der Waals surface area contributed by atoms with E-state index < -0.39 is 59.8 Å². The Labute approximate surface area is 422 Å². The lowest BCUT2D eigenvalue weighted by atomic mass is 9.93. The van der Waals surface area contributed by atoms with E-state index in [1.165, 1.54) is 19.3 Å². The van der Waals surface area contributed by atoms with E-state index in [2.05, 4.69) is 194 Å². The number of esters is 1. The highest BCUT2D eigenvalue weighted by molar-refractivity contribution is 6.77. The zero-order valence-electron chi connectivity index (χ0n) is 48.3. The number of benzene rings is 2. The summed E-state index contributed by atoms with van der Waals surface area (Å²) in [5, 5.41) is -0.429. The first-order chi connectivity index (χ1) is 30.5. The summed E-state index contributed by atoms with van der Waals surface area (Å²) in [6.07, 6.45) is 9.13. The first-order valence-corrected chi connectivity index (χ1v) is 40.3. The van der Waals surface area contributed by atoms with Crippen LogP contribution >= 0.6 is 0 Å². The second kappa shape index (κ2) is 21.3. The largest absolute Gasteiger partial charge is 0.543 e. The molecule has 2 aromatic rings. The summed E-state index contributed by atoms with van der Waals surface area (Å²) in [5.74, 6) is 3.67. The molecule has 0 spiro atoms. The van der Waals surface area contributed by atoms with Crippen molar-refractivity contribution in [1.29, 1.82) is 0 Å². The Bertz CT molecular complexity index is 2000. The van der Waals surface area contributed by atoms with Gasteiger partial charge in [-0.2, -0.15) is 0 Å². The van der Waals surface area contributed by atoms with Crippen LogP contribution in [0.15, 0.2) is 36.4 Å². The lowest BCUT2D eigenvalue weighted by Crippen LogP contribution is -2.47. The van der Waals surface area contributed by atoms with Crippen molar-refractivity contribution in [2.75, 3.05) is 0 Å². The number of ether oxygens (including phenoxy) is 2. The van der Waals surface area contributed by atoms with Crippen molar-refractivity contribution < 1.29 is 36.4 Å². The normalized spacial score (nSPS) is 17.1. The maximum absolute atomic E-state index is 14.1. The second-order valence-electron chi connectivity index (χ2n) is 27.4. The topological polar surface area (TPSA) is 81.7 Å². The molecule has 1 heterocycles. The van der Waals surface area contributed by atoms with Gasteiger partial charge in [0.05, 0.1) is 0 Å². The van der Waals surface area contributed by atoms with Crippen LogP contribution < -0.4 is 26.9 Å². The van der Waals surface area contributed by atoms with Crippen LogP contribution in [0.1, 0.15) is 167 Å². The van der Waals surface area contributed by atoms with Crippen LogP contribution in [0.4, 0.5) is 0 Å². The molecule has 3 rings (SSSR count). The highest BCUT2D eigenvalue weighted by atomic mass is 28.4. The second-order valence-corrected chi connectivity index (χ2v) is 51.0. The summed E-state index contributed by atoms with van der Waals surface area (Å²) in [6.45, 7) is 58.7. The minimum Gasteiger partial charge on any atom is -0.543 e. The minimum atomic E-state index is -2.48. The fraction of sp³-hybridized carbons (Fsp3) is 0.727. The van der Waals surface area contributed by atoms with Gasteiger partial charge in [0.1, 0.15) is 34.9 Å². The third kappa shape index (κ3) is 15.0. The molecule has 2 aromatic carbocycles. The molecule has 0 saturated heterocycles. The third-order valence-electron chi connectivity index (χ3n) is 16.4. The molecule has 0 unspecified atom stereocenters. The van der Waals surface area contributed by atoms with Gasteiger partial charge in [-0.25, -0.2) is 4.79 Å². The van der Waals surface area contributed by atoms with E-state index in [1.54, 1.807) is 6.08 Å². The van der Waals surface area contributed by atoms with Gasteiger partial charge in [-0.3, -0.25) is 0 Å². The first kappa shape index (κ1) is 59.8. The molecule has 0 amide bonds. The maximum Gasteiger partial charge on any atom is 0.330 e. The predicted molar refractivity (Wildman–Crippen MR) is 301 cm³/mol. The maximum atomic E-state index is 14.1. The van der Waals surface area contributed by atoms with E-state index in [0.29, 0.717) is 29.4 Å². The van der Waals surface area contributed by atoms with Gasteiger partial charge in [-0.05, 0) is 116 Å². The van der Waals surface area contributed by atoms with Gasteiger partial charge in [0.25, 0.3) is 25.0 Å². The third-order valence-corrected chi connectivity index (χ3v) is 38.1. The lowest BCUT2D eigenvalue weighted by Gasteiger charge is -2.42. The molecule has 1 aliphatic heterocycles. The Kier molecular flexibility index (Phi) is 18.8. The molecule has 68 heavy (non-hydrogen) atoms. The molecule has 388 valence electrons. The van der Waals surface area contributed by atoms with Crippen LogP contribution in [0.25, 0.3) is 0 Å². The van der Waals surface area contributed by atoms with Crippen molar-refractivity contribution >= 4 is 47.6 Å². The number of carbonyl (C=O) groups is 1. The highest BCUT2D eigenvalue weighted by Gasteiger charge is 2.48. The van der Waals surface area contributed by atoms with Gasteiger partial charge in [0.2, 0.25) is 16.6 Å². The predicted octanol–water partition coefficient (Wildman–Crippen LogP) is 18.1. The average molecular weight is 1030 g/mol. The van der Waals surface area contributed by atoms with Crippen molar-refractivity contribution in [2.24, 2.45) is 0 Å². The van der Waals surface area contributed by atoms with E-state index in [0.717, 1.165) is 41.9 Å². The first-order valence-electron chi connectivity index (χ1n) is 25.8. The van der Waals surface area contributed by atoms with Gasteiger partial charge in [0.15, 0.2) is 11.9 Å². The Hall–Kier alpha value is -2.47. The summed E-state index contributed by atoms with van der Waals surface area (Å²) in [6, 6.07) is 8.27. The zero-order valence-corrected chi connectivity index (χ0v) is 53.3. The van der Waals surface area contributed by atoms with E-state index >= 15 is 0 Å². The summed E-state index contributed by atoms with van der Waals surface area (Å²) >= 11 is 0. The van der Waals surface area contributed by atoms with Gasteiger partial charge in [0, 0.05) is 35.8 Å². The van der Waals surface area contributed by atoms with Crippen molar-refractivity contribution in [1.82, 2.24) is 0 Å². The lowest BCUT2D eigenvalue weighted by molar-refractivity contribution is -0.149. The summed E-state index contributed by atoms with van der Waals surface area (Å²) < 4.78 is 50.4. The van der Waals surface area contributed by atoms with Crippen molar-refractivity contribution in [2.45, 2.75) is 259 Å². The molecular weight excluding hydrogens is 929 g/mol. The Morgan fingerprint density at radius 3 is 1.41 bits per heavy atom. The molecule has 0 aliphatic carbocycles. The van der Waals surface area contributed by atoms with Crippen LogP contribution in [0.5, 0.6) is 34.5 Å². The van der Waals surface area contributed by atoms with Crippen molar-refractivity contribution in [3.8, 4) is 34.5 Å². The molecule has 0 radical (unpaired) electrons. The van der Waals surface area contributed by atoms with Crippen LogP contribution in [0.3, 0.4) is 0 Å². The van der Waals surface area contributed by atoms with E-state index in [9.17, 15) is 4.79 Å². The monoisotopic (exact) mass is 1030 g/mol. The Morgan fingerprint density at radius 1 is 0.559 bits per heavy atom. The number of carbonyl (C=O) groups excluding carboxylic acids is 1. The highest BCUT2D eigenvalue weighted by Crippen LogP contribution is 2.53. The standard InChI is InChI=1S/C55H100O8Si5/c1-27-28-29-30-31-32-33-34-48(56)57-45-39-42-43(37-41(59-64(17,18)51(2,3)4)38-44(42)60-65(19,20)52(5,6)7)58-49(45)40-35-46(61-66(21,22)53(8,9)10)50(63-68(25,26)55(14,15)16)47(36-40)62-67(23,24)54(11,12)13/h33-38,45,49H,27-32,39H2,1-26H3/b34-33+/t45-,49-/m1/s1. The van der Waals surface area contributed by atoms with Crippen LogP contribution in [0.2, 0.25) is 90.7 Å². The number of rotatable bonds is 19. The zero-order chi connectivity index (χ0) is 52.5. The van der Waals surface area contributed by atoms with Crippen molar-refractivity contribution in [3.63, 3.8) is 0 Å². The number of fused-ring (bicyclic) bond motifs is 1. The number of hydrogen-bond acceptors (Lipinski definition) is 8. The van der Waals surface area contributed by atoms with E-state index in [-0.39, 0.29) is 25.2 Å². The number of unbranched alkanes of at least 4 members (excludes halogenated alkanes) is 5. The van der Waals surface area contributed by atoms with Crippen LogP contribution in [0, 0.1) is 0 Å². The van der Waals surface area contributed by atoms with Gasteiger partial charge in [-0.15, -0.1) is 0 Å². The van der Waals surface area contributed by atoms with Gasteiger partial charge >= 0.3 is 5.97 Å². The molecule has 0 bridgehead atoms. The van der Waals surface area contributed by atoms with Crippen LogP contribution in [-0.2, 0) is 16.0 Å². The Balaban J connectivity index is 2.49. The molecule has 0 fully saturated rings. The van der Waals surface area contributed by atoms with Crippen LogP contribution in [-0.4, -0.2) is 53.7 Å². The molecule has 13 heteroatoms. The smallest absolute Gasteiger partial charge is 0.330 e. The van der Waals surface area contributed by atoms with E-state index in [4.69, 9.17) is 31.6 Å². The summed E-state index contributed by atoms with van der Waals surface area (Å²) in [4.78, 5) is 14.1.